The van der Waals surface area contributed by atoms with E-state index >= 15 is 0 Å². The molecule has 2 aliphatic heterocycles. The van der Waals surface area contributed by atoms with E-state index in [-0.39, 0.29) is 36.6 Å². The number of likely N-dealkylation sites (N-methyl/N-ethyl adjacent to an activating group) is 1. The van der Waals surface area contributed by atoms with E-state index in [4.69, 9.17) is 11.6 Å². The molecule has 0 saturated carbocycles. The smallest absolute Gasteiger partial charge is 0.195 e. The average molecular weight is 459 g/mol. The lowest BCUT2D eigenvalue weighted by Crippen LogP contribution is -2.34. The summed E-state index contributed by atoms with van der Waals surface area (Å²) in [6.45, 7) is 4.99. The van der Waals surface area contributed by atoms with Gasteiger partial charge in [0, 0.05) is 25.0 Å². The Morgan fingerprint density at radius 1 is 1.24 bits per heavy atom. The number of nitrogens with one attached hydrogen (secondary N) is 1. The summed E-state index contributed by atoms with van der Waals surface area (Å²) in [4.78, 5) is 20.3. The van der Waals surface area contributed by atoms with Crippen LogP contribution in [0.4, 0.5) is 0 Å². The number of halogens is 3. The number of ketones is 1. The molecule has 0 bridgehead atoms. The number of nitrogens with zero attached hydrogens (tertiary/aromatic N) is 4. The van der Waals surface area contributed by atoms with Crippen molar-refractivity contribution in [3.8, 4) is 0 Å². The van der Waals surface area contributed by atoms with E-state index in [0.29, 0.717) is 16.2 Å². The lowest BCUT2D eigenvalue weighted by Gasteiger charge is -2.18. The Bertz CT molecular complexity index is 892. The average Bonchev–Trinajstić information content (AvgIpc) is 3.38. The van der Waals surface area contributed by atoms with Crippen LogP contribution in [0.25, 0.3) is 5.82 Å². The zero-order valence-electron chi connectivity index (χ0n) is 16.5. The first-order chi connectivity index (χ1) is 13.1. The van der Waals surface area contributed by atoms with Crippen molar-refractivity contribution in [2.45, 2.75) is 32.4 Å². The third-order valence-corrected chi connectivity index (χ3v) is 5.75. The second-order valence-corrected chi connectivity index (χ2v) is 7.57. The Hall–Kier alpha value is -1.57. The SMILES string of the molecule is CC1C(C(=O)c2ccccc2Cl)=C(n2ccnc2CN2CCCC2)NN1C.Cl.Cl. The Labute approximate surface area is 188 Å². The molecule has 158 valence electrons. The fourth-order valence-electron chi connectivity index (χ4n) is 3.78. The van der Waals surface area contributed by atoms with Gasteiger partial charge in [-0.2, -0.15) is 0 Å². The molecule has 0 amide bonds. The zero-order chi connectivity index (χ0) is 19.0. The van der Waals surface area contributed by atoms with E-state index in [1.807, 2.05) is 41.9 Å². The molecule has 6 nitrogen and oxygen atoms in total. The molecule has 1 saturated heterocycles. The summed E-state index contributed by atoms with van der Waals surface area (Å²) < 4.78 is 2.00. The number of benzene rings is 1. The number of carbonyl (C=O) groups excluding carboxylic acids is 1. The zero-order valence-corrected chi connectivity index (χ0v) is 18.9. The number of aromatic nitrogens is 2. The maximum Gasteiger partial charge on any atom is 0.195 e. The van der Waals surface area contributed by atoms with Crippen LogP contribution >= 0.6 is 36.4 Å². The van der Waals surface area contributed by atoms with Gasteiger partial charge in [0.05, 0.1) is 23.2 Å². The van der Waals surface area contributed by atoms with Crippen molar-refractivity contribution in [1.82, 2.24) is 24.9 Å². The van der Waals surface area contributed by atoms with Crippen LogP contribution in [-0.2, 0) is 6.54 Å². The quantitative estimate of drug-likeness (QED) is 0.689. The third-order valence-electron chi connectivity index (χ3n) is 5.42. The minimum atomic E-state index is -0.0780. The topological polar surface area (TPSA) is 53.4 Å². The summed E-state index contributed by atoms with van der Waals surface area (Å²) >= 11 is 6.30. The summed E-state index contributed by atoms with van der Waals surface area (Å²) in [6.07, 6.45) is 6.18. The summed E-state index contributed by atoms with van der Waals surface area (Å²) in [7, 11) is 1.94. The van der Waals surface area contributed by atoms with Gasteiger partial charge in [-0.15, -0.1) is 24.8 Å². The van der Waals surface area contributed by atoms with Crippen LogP contribution < -0.4 is 5.43 Å². The molecule has 0 spiro atoms. The number of hydrogen-bond donors (Lipinski definition) is 1. The highest BCUT2D eigenvalue weighted by atomic mass is 35.5. The number of rotatable bonds is 5. The second kappa shape index (κ2) is 9.96. The molecule has 2 aliphatic rings. The molecule has 1 atom stereocenters. The van der Waals surface area contributed by atoms with Gasteiger partial charge >= 0.3 is 0 Å². The highest BCUT2D eigenvalue weighted by Gasteiger charge is 2.34. The lowest BCUT2D eigenvalue weighted by molar-refractivity contribution is 0.102. The van der Waals surface area contributed by atoms with Crippen LogP contribution in [0.2, 0.25) is 5.02 Å². The van der Waals surface area contributed by atoms with Crippen molar-refractivity contribution in [3.05, 3.63) is 58.6 Å². The van der Waals surface area contributed by atoms with Crippen LogP contribution in [-0.4, -0.2) is 51.4 Å². The van der Waals surface area contributed by atoms with Gasteiger partial charge in [0.2, 0.25) is 0 Å². The van der Waals surface area contributed by atoms with Gasteiger partial charge in [0.25, 0.3) is 0 Å². The monoisotopic (exact) mass is 457 g/mol. The van der Waals surface area contributed by atoms with Crippen molar-refractivity contribution >= 4 is 48.0 Å². The van der Waals surface area contributed by atoms with E-state index in [2.05, 4.69) is 15.3 Å². The maximum absolute atomic E-state index is 13.3. The predicted molar refractivity (Wildman–Crippen MR) is 121 cm³/mol. The van der Waals surface area contributed by atoms with Gasteiger partial charge in [-0.1, -0.05) is 23.7 Å². The molecular formula is C20H26Cl3N5O. The van der Waals surface area contributed by atoms with Gasteiger partial charge in [0.1, 0.15) is 11.6 Å². The molecule has 3 heterocycles. The van der Waals surface area contributed by atoms with Crippen LogP contribution in [0, 0.1) is 0 Å². The van der Waals surface area contributed by atoms with E-state index in [9.17, 15) is 4.79 Å². The van der Waals surface area contributed by atoms with Crippen molar-refractivity contribution in [2.75, 3.05) is 20.1 Å². The number of hydrogen-bond acceptors (Lipinski definition) is 5. The highest BCUT2D eigenvalue weighted by Crippen LogP contribution is 2.29. The first-order valence-electron chi connectivity index (χ1n) is 9.34. The van der Waals surface area contributed by atoms with Crippen molar-refractivity contribution in [2.24, 2.45) is 0 Å². The van der Waals surface area contributed by atoms with Gasteiger partial charge < -0.3 is 5.43 Å². The normalized spacial score (nSPS) is 19.6. The molecule has 1 unspecified atom stereocenters. The predicted octanol–water partition coefficient (Wildman–Crippen LogP) is 3.87. The van der Waals surface area contributed by atoms with E-state index < -0.39 is 0 Å². The summed E-state index contributed by atoms with van der Waals surface area (Å²) in [5, 5.41) is 2.41. The van der Waals surface area contributed by atoms with Crippen molar-refractivity contribution in [1.29, 1.82) is 0 Å². The Balaban J connectivity index is 0.00000150. The summed E-state index contributed by atoms with van der Waals surface area (Å²) in [5.41, 5.74) is 4.57. The van der Waals surface area contributed by atoms with Crippen LogP contribution in [0.5, 0.6) is 0 Å². The van der Waals surface area contributed by atoms with Gasteiger partial charge in [0.15, 0.2) is 5.78 Å². The number of imidazole rings is 1. The summed E-state index contributed by atoms with van der Waals surface area (Å²) in [6, 6.07) is 7.12. The van der Waals surface area contributed by atoms with Crippen molar-refractivity contribution in [3.63, 3.8) is 0 Å². The Kier molecular flexibility index (Phi) is 8.14. The third kappa shape index (κ3) is 4.62. The first kappa shape index (κ1) is 23.7. The molecule has 0 radical (unpaired) electrons. The van der Waals surface area contributed by atoms with Crippen molar-refractivity contribution < 1.29 is 4.79 Å². The molecule has 1 N–H and O–H groups in total. The van der Waals surface area contributed by atoms with Gasteiger partial charge in [-0.3, -0.25) is 14.3 Å². The highest BCUT2D eigenvalue weighted by molar-refractivity contribution is 6.35. The molecule has 1 aromatic carbocycles. The lowest BCUT2D eigenvalue weighted by atomic mass is 9.98. The molecule has 9 heteroatoms. The molecule has 0 aliphatic carbocycles. The van der Waals surface area contributed by atoms with E-state index in [1.54, 1.807) is 18.3 Å². The van der Waals surface area contributed by atoms with Gasteiger partial charge in [-0.05, 0) is 45.0 Å². The minimum Gasteiger partial charge on any atom is -0.303 e. The van der Waals surface area contributed by atoms with Crippen LogP contribution in [0.1, 0.15) is 35.9 Å². The number of likely N-dealkylation sites (tertiary alicyclic amines) is 1. The molecule has 1 aromatic heterocycles. The van der Waals surface area contributed by atoms with E-state index in [0.717, 1.165) is 31.3 Å². The van der Waals surface area contributed by atoms with Crippen LogP contribution in [0.3, 0.4) is 0 Å². The Morgan fingerprint density at radius 3 is 2.62 bits per heavy atom. The molecule has 4 rings (SSSR count). The molecular weight excluding hydrogens is 433 g/mol. The molecule has 2 aromatic rings. The molecule has 1 fully saturated rings. The van der Waals surface area contributed by atoms with E-state index in [1.165, 1.54) is 12.8 Å². The maximum atomic E-state index is 13.3. The fourth-order valence-corrected chi connectivity index (χ4v) is 4.00. The number of hydrazine groups is 1. The molecule has 29 heavy (non-hydrogen) atoms. The summed E-state index contributed by atoms with van der Waals surface area (Å²) in [5.74, 6) is 1.65. The Morgan fingerprint density at radius 2 is 1.93 bits per heavy atom. The standard InChI is InChI=1S/C20H24ClN5O.2ClH/c1-14-18(19(27)15-7-3-4-8-16(15)21)20(23-24(14)2)26-12-9-22-17(26)13-25-10-5-6-11-25;;/h3-4,7-9,12,14,23H,5-6,10-11,13H2,1-2H3;2*1H. The minimum absolute atomic E-state index is 0. The largest absolute Gasteiger partial charge is 0.303 e. The first-order valence-corrected chi connectivity index (χ1v) is 9.72. The fraction of sp³-hybridized carbons (Fsp3) is 0.400. The second-order valence-electron chi connectivity index (χ2n) is 7.17. The van der Waals surface area contributed by atoms with Crippen LogP contribution in [0.15, 0.2) is 42.2 Å². The number of carbonyl (C=O) groups is 1. The van der Waals surface area contributed by atoms with Gasteiger partial charge in [-0.25, -0.2) is 9.99 Å². The number of Topliss-reactive ketones (excluding diaryl/α,β-unsaturated/α-hetero) is 1.